The Balaban J connectivity index is 1.76. The van der Waals surface area contributed by atoms with E-state index >= 15 is 0 Å². The van der Waals surface area contributed by atoms with Gasteiger partial charge in [0.2, 0.25) is 11.8 Å². The molecule has 148 valence electrons. The molecular weight excluding hydrogens is 346 g/mol. The smallest absolute Gasteiger partial charge is 0.242 e. The van der Waals surface area contributed by atoms with Gasteiger partial charge in [0.05, 0.1) is 31.4 Å². The van der Waals surface area contributed by atoms with Crippen LogP contribution in [0.4, 0.5) is 0 Å². The van der Waals surface area contributed by atoms with Gasteiger partial charge in [-0.2, -0.15) is 0 Å². The number of ether oxygens (including phenoxy) is 1. The van der Waals surface area contributed by atoms with Gasteiger partial charge >= 0.3 is 0 Å². The van der Waals surface area contributed by atoms with Crippen LogP contribution in [0.15, 0.2) is 30.3 Å². The van der Waals surface area contributed by atoms with E-state index in [0.717, 1.165) is 38.0 Å². The Labute approximate surface area is 160 Å². The van der Waals surface area contributed by atoms with E-state index in [2.05, 4.69) is 10.2 Å². The molecule has 2 heterocycles. The molecule has 7 nitrogen and oxygen atoms in total. The highest BCUT2D eigenvalue weighted by molar-refractivity contribution is 5.84. The maximum Gasteiger partial charge on any atom is 0.242 e. The zero-order valence-corrected chi connectivity index (χ0v) is 15.8. The largest absolute Gasteiger partial charge is 0.393 e. The van der Waals surface area contributed by atoms with Crippen LogP contribution in [0.3, 0.4) is 0 Å². The third-order valence-electron chi connectivity index (χ3n) is 5.30. The molecule has 2 saturated heterocycles. The van der Waals surface area contributed by atoms with Gasteiger partial charge in [0, 0.05) is 33.1 Å². The van der Waals surface area contributed by atoms with Gasteiger partial charge in [-0.3, -0.25) is 9.59 Å². The van der Waals surface area contributed by atoms with Crippen LogP contribution < -0.4 is 5.32 Å². The van der Waals surface area contributed by atoms with Gasteiger partial charge in [-0.15, -0.1) is 0 Å². The quantitative estimate of drug-likeness (QED) is 0.785. The topological polar surface area (TPSA) is 82.1 Å². The second-order valence-electron chi connectivity index (χ2n) is 7.29. The highest BCUT2D eigenvalue weighted by Gasteiger charge is 2.37. The zero-order valence-electron chi connectivity index (χ0n) is 15.8. The molecule has 1 aromatic carbocycles. The number of aliphatic hydroxyl groups is 1. The lowest BCUT2D eigenvalue weighted by molar-refractivity contribution is -0.148. The van der Waals surface area contributed by atoms with Gasteiger partial charge in [-0.25, -0.2) is 0 Å². The Kier molecular flexibility index (Phi) is 6.82. The summed E-state index contributed by atoms with van der Waals surface area (Å²) in [5, 5.41) is 12.3. The number of likely N-dealkylation sites (tertiary alicyclic amines) is 1. The van der Waals surface area contributed by atoms with E-state index in [0.29, 0.717) is 13.2 Å². The van der Waals surface area contributed by atoms with Crippen LogP contribution in [0, 0.1) is 0 Å². The summed E-state index contributed by atoms with van der Waals surface area (Å²) in [4.78, 5) is 28.1. The van der Waals surface area contributed by atoms with Crippen LogP contribution in [-0.4, -0.2) is 78.3 Å². The summed E-state index contributed by atoms with van der Waals surface area (Å²) in [5.41, 5.74) is 1.04. The molecule has 2 aliphatic rings. The van der Waals surface area contributed by atoms with Gasteiger partial charge < -0.3 is 25.0 Å². The third-order valence-corrected chi connectivity index (χ3v) is 5.30. The number of hydrogen-bond acceptors (Lipinski definition) is 5. The number of aliphatic hydroxyl groups excluding tert-OH is 1. The van der Waals surface area contributed by atoms with Crippen molar-refractivity contribution in [2.24, 2.45) is 0 Å². The molecule has 0 radical (unpaired) electrons. The first kappa shape index (κ1) is 19.8. The first-order valence-corrected chi connectivity index (χ1v) is 9.65. The van der Waals surface area contributed by atoms with Gasteiger partial charge in [0.1, 0.15) is 0 Å². The second-order valence-corrected chi connectivity index (χ2v) is 7.29. The molecule has 2 aliphatic heterocycles. The van der Waals surface area contributed by atoms with Crippen molar-refractivity contribution in [3.8, 4) is 0 Å². The standard InChI is InChI=1S/C20H29N3O4/c1-15(24)21-13-19(26)23-11-12-27-18(14-22-9-7-17(25)8-10-22)20(23)16-5-3-2-4-6-16/h2-6,17-18,20,25H,7-14H2,1H3,(H,21,24)/t18-,20-/m0/s1. The highest BCUT2D eigenvalue weighted by Crippen LogP contribution is 2.30. The highest BCUT2D eigenvalue weighted by atomic mass is 16.5. The number of hydrogen-bond donors (Lipinski definition) is 2. The minimum Gasteiger partial charge on any atom is -0.393 e. The first-order chi connectivity index (χ1) is 13.0. The predicted molar refractivity (Wildman–Crippen MR) is 101 cm³/mol. The van der Waals surface area contributed by atoms with Gasteiger partial charge in [0.15, 0.2) is 0 Å². The van der Waals surface area contributed by atoms with E-state index in [1.54, 1.807) is 0 Å². The fourth-order valence-corrected chi connectivity index (χ4v) is 3.87. The fourth-order valence-electron chi connectivity index (χ4n) is 3.87. The predicted octanol–water partition coefficient (Wildman–Crippen LogP) is 0.548. The molecule has 0 saturated carbocycles. The summed E-state index contributed by atoms with van der Waals surface area (Å²) in [6, 6.07) is 9.74. The van der Waals surface area contributed by atoms with Crippen molar-refractivity contribution in [2.45, 2.75) is 38.0 Å². The zero-order chi connectivity index (χ0) is 19.2. The molecule has 0 unspecified atom stereocenters. The van der Waals surface area contributed by atoms with Crippen LogP contribution >= 0.6 is 0 Å². The Morgan fingerprint density at radius 3 is 2.56 bits per heavy atom. The van der Waals surface area contributed by atoms with Gasteiger partial charge in [-0.05, 0) is 18.4 Å². The number of rotatable bonds is 5. The van der Waals surface area contributed by atoms with Crippen molar-refractivity contribution in [1.82, 2.24) is 15.1 Å². The van der Waals surface area contributed by atoms with Crippen LogP contribution in [0.1, 0.15) is 31.4 Å². The van der Waals surface area contributed by atoms with Crippen molar-refractivity contribution in [1.29, 1.82) is 0 Å². The van der Waals surface area contributed by atoms with Crippen molar-refractivity contribution in [3.63, 3.8) is 0 Å². The lowest BCUT2D eigenvalue weighted by Gasteiger charge is -2.44. The van der Waals surface area contributed by atoms with Crippen molar-refractivity contribution in [3.05, 3.63) is 35.9 Å². The Morgan fingerprint density at radius 2 is 1.89 bits per heavy atom. The Hall–Kier alpha value is -1.96. The fraction of sp³-hybridized carbons (Fsp3) is 0.600. The number of amides is 2. The number of carbonyl (C=O) groups is 2. The molecule has 2 fully saturated rings. The maximum absolute atomic E-state index is 12.8. The molecule has 1 aromatic rings. The van der Waals surface area contributed by atoms with Crippen molar-refractivity contribution >= 4 is 11.8 Å². The monoisotopic (exact) mass is 375 g/mol. The number of nitrogens with one attached hydrogen (secondary N) is 1. The van der Waals surface area contributed by atoms with E-state index in [9.17, 15) is 14.7 Å². The van der Waals surface area contributed by atoms with E-state index < -0.39 is 0 Å². The number of piperidine rings is 1. The van der Waals surface area contributed by atoms with Crippen LogP contribution in [0.25, 0.3) is 0 Å². The number of benzene rings is 1. The third kappa shape index (κ3) is 5.28. The molecule has 0 spiro atoms. The van der Waals surface area contributed by atoms with Crippen LogP contribution in [0.2, 0.25) is 0 Å². The summed E-state index contributed by atoms with van der Waals surface area (Å²) in [7, 11) is 0. The van der Waals surface area contributed by atoms with E-state index in [1.807, 2.05) is 35.2 Å². The van der Waals surface area contributed by atoms with E-state index in [4.69, 9.17) is 4.74 Å². The Bertz CT molecular complexity index is 631. The summed E-state index contributed by atoms with van der Waals surface area (Å²) in [6.45, 7) is 4.79. The van der Waals surface area contributed by atoms with E-state index in [1.165, 1.54) is 6.92 Å². The summed E-state index contributed by atoms with van der Waals surface area (Å²) in [6.07, 6.45) is 1.19. The molecule has 3 rings (SSSR count). The molecule has 27 heavy (non-hydrogen) atoms. The molecule has 2 atom stereocenters. The van der Waals surface area contributed by atoms with Gasteiger partial charge in [-0.1, -0.05) is 30.3 Å². The number of carbonyl (C=O) groups excluding carboxylic acids is 2. The summed E-state index contributed by atoms with van der Waals surface area (Å²) >= 11 is 0. The average Bonchev–Trinajstić information content (AvgIpc) is 2.68. The molecule has 0 aromatic heterocycles. The Morgan fingerprint density at radius 1 is 1.19 bits per heavy atom. The van der Waals surface area contributed by atoms with Crippen LogP contribution in [-0.2, 0) is 14.3 Å². The van der Waals surface area contributed by atoms with Crippen molar-refractivity contribution in [2.75, 3.05) is 39.3 Å². The first-order valence-electron chi connectivity index (χ1n) is 9.65. The van der Waals surface area contributed by atoms with Crippen molar-refractivity contribution < 1.29 is 19.4 Å². The normalized spacial score (nSPS) is 24.6. The SMILES string of the molecule is CC(=O)NCC(=O)N1CCO[C@@H](CN2CCC(O)CC2)[C@@H]1c1ccccc1. The molecule has 2 N–H and O–H groups in total. The molecular formula is C20H29N3O4. The lowest BCUT2D eigenvalue weighted by atomic mass is 9.96. The molecule has 0 bridgehead atoms. The minimum absolute atomic E-state index is 0.00128. The van der Waals surface area contributed by atoms with Gasteiger partial charge in [0.25, 0.3) is 0 Å². The molecule has 0 aliphatic carbocycles. The lowest BCUT2D eigenvalue weighted by Crippen LogP contribution is -2.54. The molecule has 2 amide bonds. The molecule has 7 heteroatoms. The maximum atomic E-state index is 12.8. The second kappa shape index (κ2) is 9.30. The minimum atomic E-state index is -0.214. The number of nitrogens with zero attached hydrogens (tertiary/aromatic N) is 2. The summed E-state index contributed by atoms with van der Waals surface area (Å²) in [5.74, 6) is -0.308. The van der Waals surface area contributed by atoms with E-state index in [-0.39, 0.29) is 36.6 Å². The average molecular weight is 375 g/mol. The number of morpholine rings is 1. The summed E-state index contributed by atoms with van der Waals surface area (Å²) < 4.78 is 6.10. The van der Waals surface area contributed by atoms with Crippen LogP contribution in [0.5, 0.6) is 0 Å².